The minimum absolute atomic E-state index is 0.0803. The van der Waals surface area contributed by atoms with Crippen LogP contribution >= 0.6 is 11.6 Å². The van der Waals surface area contributed by atoms with Crippen LogP contribution in [0.5, 0.6) is 5.75 Å². The number of benzene rings is 2. The third-order valence-corrected chi connectivity index (χ3v) is 12.7. The number of aromatic nitrogens is 3. The van der Waals surface area contributed by atoms with E-state index in [9.17, 15) is 28.8 Å². The predicted molar refractivity (Wildman–Crippen MR) is 226 cm³/mol. The summed E-state index contributed by atoms with van der Waals surface area (Å²) in [5, 5.41) is 9.14. The number of hydrogen-bond donors (Lipinski definition) is 3. The summed E-state index contributed by atoms with van der Waals surface area (Å²) in [7, 11) is 1.51. The van der Waals surface area contributed by atoms with E-state index in [2.05, 4.69) is 30.7 Å². The molecule has 1 spiro atoms. The molecule has 2 aromatic carbocycles. The highest BCUT2D eigenvalue weighted by Crippen LogP contribution is 2.51. The highest BCUT2D eigenvalue weighted by molar-refractivity contribution is 6.33. The first kappa shape index (κ1) is 40.3. The van der Waals surface area contributed by atoms with Gasteiger partial charge >= 0.3 is 0 Å². The Morgan fingerprint density at radius 3 is 2.43 bits per heavy atom. The van der Waals surface area contributed by atoms with Gasteiger partial charge in [-0.1, -0.05) is 11.6 Å². The Morgan fingerprint density at radius 2 is 1.70 bits per heavy atom. The molecule has 6 heterocycles. The highest BCUT2D eigenvalue weighted by atomic mass is 35.5. The van der Waals surface area contributed by atoms with Gasteiger partial charge in [0.25, 0.3) is 23.3 Å². The zero-order chi connectivity index (χ0) is 42.7. The van der Waals surface area contributed by atoms with Crippen molar-refractivity contribution in [3.8, 4) is 5.75 Å². The number of fused-ring (bicyclic) bond motifs is 2. The number of rotatable bonds is 11. The molecular formula is C43H46ClN9O8. The summed E-state index contributed by atoms with van der Waals surface area (Å²) in [5.74, 6) is -1.28. The summed E-state index contributed by atoms with van der Waals surface area (Å²) in [5.41, 5.74) is 2.70. The van der Waals surface area contributed by atoms with Crippen molar-refractivity contribution in [2.24, 2.45) is 5.41 Å². The van der Waals surface area contributed by atoms with Crippen LogP contribution in [0.25, 0.3) is 10.9 Å². The smallest absolute Gasteiger partial charge is 0.293 e. The average molecular weight is 852 g/mol. The average Bonchev–Trinajstić information content (AvgIpc) is 3.46. The van der Waals surface area contributed by atoms with Crippen LogP contribution in [0.4, 0.5) is 23.1 Å². The number of likely N-dealkylation sites (N-methyl/N-ethyl adjacent to an activating group) is 1. The fraction of sp³-hybridized carbons (Fsp3) is 0.442. The maximum atomic E-state index is 13.3. The van der Waals surface area contributed by atoms with Crippen LogP contribution in [0.2, 0.25) is 5.02 Å². The number of pyridine rings is 1. The van der Waals surface area contributed by atoms with E-state index in [4.69, 9.17) is 26.1 Å². The lowest BCUT2D eigenvalue weighted by atomic mass is 9.61. The van der Waals surface area contributed by atoms with E-state index in [1.807, 2.05) is 38.1 Å². The largest absolute Gasteiger partial charge is 0.478 e. The van der Waals surface area contributed by atoms with E-state index < -0.39 is 29.7 Å². The molecule has 0 bridgehead atoms. The lowest BCUT2D eigenvalue weighted by Crippen LogP contribution is -2.64. The van der Waals surface area contributed by atoms with Crippen molar-refractivity contribution in [2.75, 3.05) is 55.0 Å². The molecule has 1 unspecified atom stereocenters. The Bertz CT molecular complexity index is 2540. The zero-order valence-corrected chi connectivity index (χ0v) is 34.8. The van der Waals surface area contributed by atoms with Gasteiger partial charge in [-0.2, -0.15) is 4.98 Å². The molecule has 1 atom stereocenters. The van der Waals surface area contributed by atoms with Gasteiger partial charge in [0.1, 0.15) is 11.1 Å². The molecule has 1 aliphatic carbocycles. The molecule has 4 aliphatic heterocycles. The lowest BCUT2D eigenvalue weighted by Gasteiger charge is -2.60. The second kappa shape index (κ2) is 15.8. The maximum Gasteiger partial charge on any atom is 0.293 e. The molecule has 0 radical (unpaired) electrons. The summed E-state index contributed by atoms with van der Waals surface area (Å²) >= 11 is 6.58. The number of nitrogens with one attached hydrogen (secondary N) is 3. The molecule has 4 fully saturated rings. The van der Waals surface area contributed by atoms with Crippen molar-refractivity contribution >= 4 is 75.2 Å². The molecule has 3 saturated heterocycles. The molecule has 5 aliphatic rings. The number of amides is 5. The number of carbonyl (C=O) groups is 5. The van der Waals surface area contributed by atoms with Gasteiger partial charge in [-0.25, -0.2) is 4.98 Å². The van der Waals surface area contributed by atoms with Gasteiger partial charge in [-0.15, -0.1) is 0 Å². The van der Waals surface area contributed by atoms with E-state index in [0.717, 1.165) is 73.4 Å². The molecule has 61 heavy (non-hydrogen) atoms. The number of carbonyl (C=O) groups excluding carboxylic acids is 5. The second-order valence-corrected chi connectivity index (χ2v) is 17.3. The first-order valence-electron chi connectivity index (χ1n) is 20.6. The number of ether oxygens (including phenoxy) is 2. The molecule has 18 heteroatoms. The Labute approximate surface area is 355 Å². The molecular weight excluding hydrogens is 806 g/mol. The van der Waals surface area contributed by atoms with Crippen molar-refractivity contribution in [1.82, 2.24) is 30.1 Å². The number of piperidine rings is 2. The fourth-order valence-corrected chi connectivity index (χ4v) is 9.43. The van der Waals surface area contributed by atoms with Crippen molar-refractivity contribution in [2.45, 2.75) is 76.7 Å². The highest BCUT2D eigenvalue weighted by Gasteiger charge is 2.54. The van der Waals surface area contributed by atoms with Crippen LogP contribution in [0, 0.1) is 5.41 Å². The summed E-state index contributed by atoms with van der Waals surface area (Å²) in [6, 6.07) is 11.4. The summed E-state index contributed by atoms with van der Waals surface area (Å²) in [4.78, 5) is 90.2. The van der Waals surface area contributed by atoms with E-state index in [1.165, 1.54) is 7.05 Å². The molecule has 1 saturated carbocycles. The van der Waals surface area contributed by atoms with Gasteiger partial charge < -0.3 is 34.5 Å². The normalized spacial score (nSPS) is 20.2. The van der Waals surface area contributed by atoms with Gasteiger partial charge in [-0.05, 0) is 88.4 Å². The quantitative estimate of drug-likeness (QED) is 0.184. The van der Waals surface area contributed by atoms with Crippen LogP contribution in [-0.2, 0) is 19.1 Å². The van der Waals surface area contributed by atoms with Gasteiger partial charge in [-0.3, -0.25) is 39.0 Å². The molecule has 9 rings (SSSR count). The van der Waals surface area contributed by atoms with Crippen LogP contribution in [0.3, 0.4) is 0 Å². The van der Waals surface area contributed by atoms with Crippen molar-refractivity contribution < 1.29 is 33.4 Å². The van der Waals surface area contributed by atoms with Crippen LogP contribution < -0.4 is 36.0 Å². The predicted octanol–water partition coefficient (Wildman–Crippen LogP) is 3.95. The van der Waals surface area contributed by atoms with Crippen LogP contribution in [0.1, 0.15) is 79.1 Å². The second-order valence-electron chi connectivity index (χ2n) is 16.9. The molecule has 5 amide bonds. The SMILES string of the molecule is CNC(=O)COc1cc2cc(Nc3nc(N4CCC(OC5CC6(C5)CN(c5ccc7c(c5)C(=O)N(C5CCC(=O)NC5=O)C7=O)C6)CC4)ncc3Cl)ccc2n(C(C)C)c1=O. The third-order valence-electron chi connectivity index (χ3n) is 12.4. The number of nitrogens with zero attached hydrogens (tertiary/aromatic N) is 6. The van der Waals surface area contributed by atoms with E-state index in [-0.39, 0.29) is 71.5 Å². The van der Waals surface area contributed by atoms with Crippen molar-refractivity contribution in [3.63, 3.8) is 0 Å². The van der Waals surface area contributed by atoms with Gasteiger partial charge in [0, 0.05) is 67.9 Å². The molecule has 3 N–H and O–H groups in total. The molecule has 4 aromatic rings. The lowest BCUT2D eigenvalue weighted by molar-refractivity contribution is -0.136. The molecule has 2 aromatic heterocycles. The van der Waals surface area contributed by atoms with Gasteiger partial charge in [0.15, 0.2) is 18.2 Å². The molecule has 318 valence electrons. The zero-order valence-electron chi connectivity index (χ0n) is 34.0. The van der Waals surface area contributed by atoms with E-state index in [1.54, 1.807) is 29.0 Å². The fourth-order valence-electron chi connectivity index (χ4n) is 9.29. The van der Waals surface area contributed by atoms with Crippen LogP contribution in [-0.4, -0.2) is 107 Å². The van der Waals surface area contributed by atoms with Crippen LogP contribution in [0.15, 0.2) is 53.5 Å². The number of imide groups is 2. The third kappa shape index (κ3) is 7.53. The monoisotopic (exact) mass is 851 g/mol. The number of hydrogen-bond acceptors (Lipinski definition) is 13. The summed E-state index contributed by atoms with van der Waals surface area (Å²) in [6.07, 6.45) is 5.66. The Hall–Kier alpha value is -6.07. The summed E-state index contributed by atoms with van der Waals surface area (Å²) < 4.78 is 13.8. The minimum atomic E-state index is -0.987. The number of anilines is 4. The Morgan fingerprint density at radius 1 is 0.951 bits per heavy atom. The Kier molecular flexibility index (Phi) is 10.4. The minimum Gasteiger partial charge on any atom is -0.478 e. The molecule has 17 nitrogen and oxygen atoms in total. The van der Waals surface area contributed by atoms with E-state index in [0.29, 0.717) is 22.5 Å². The van der Waals surface area contributed by atoms with E-state index >= 15 is 0 Å². The summed E-state index contributed by atoms with van der Waals surface area (Å²) in [6.45, 7) is 6.66. The van der Waals surface area contributed by atoms with Crippen molar-refractivity contribution in [3.05, 3.63) is 75.2 Å². The van der Waals surface area contributed by atoms with Gasteiger partial charge in [0.05, 0.1) is 35.0 Å². The number of halogens is 1. The standard InChI is InChI=1S/C43H46ClN9O8/c1-23(2)52-32-7-4-25(14-24(32)15-34(41(52)59)60-20-36(55)45-3)47-37-31(44)19-46-42(49-37)50-12-10-27(11-13-50)61-28-17-43(18-28)21-51(22-43)26-5-6-29-30(16-26)40(58)53(39(29)57)33-8-9-35(54)48-38(33)56/h4-7,14-16,19,23,27-28,33H,8-13,17-18,20-22H2,1-3H3,(H,45,55)(H,46,47,49)(H,48,54,56). The first-order chi connectivity index (χ1) is 29.3. The maximum absolute atomic E-state index is 13.3. The van der Waals surface area contributed by atoms with Gasteiger partial charge in [0.2, 0.25) is 17.8 Å². The Balaban J connectivity index is 0.772. The van der Waals surface area contributed by atoms with Crippen molar-refractivity contribution in [1.29, 1.82) is 0 Å². The first-order valence-corrected chi connectivity index (χ1v) is 21.0. The topological polar surface area (TPSA) is 197 Å².